The van der Waals surface area contributed by atoms with Crippen molar-refractivity contribution >= 4 is 17.6 Å². The van der Waals surface area contributed by atoms with Crippen LogP contribution in [-0.4, -0.2) is 47.9 Å². The number of rotatable bonds is 3. The molecule has 118 valence electrons. The minimum atomic E-state index is -0.322. The lowest BCUT2D eigenvalue weighted by atomic mass is 10.1. The highest BCUT2D eigenvalue weighted by Crippen LogP contribution is 2.25. The van der Waals surface area contributed by atoms with E-state index in [0.717, 1.165) is 31.7 Å². The summed E-state index contributed by atoms with van der Waals surface area (Å²) in [6.45, 7) is 2.89. The molecule has 1 aromatic heterocycles. The first kappa shape index (κ1) is 14.8. The summed E-state index contributed by atoms with van der Waals surface area (Å²) in [6.07, 6.45) is 5.89. The lowest BCUT2D eigenvalue weighted by Gasteiger charge is -2.29. The molecule has 1 unspecified atom stereocenters. The monoisotopic (exact) mass is 302 g/mol. The zero-order valence-corrected chi connectivity index (χ0v) is 12.7. The molecule has 2 aliphatic rings. The van der Waals surface area contributed by atoms with E-state index in [4.69, 9.17) is 5.73 Å². The summed E-state index contributed by atoms with van der Waals surface area (Å²) in [7, 11) is 0. The number of aromatic nitrogens is 1. The zero-order valence-electron chi connectivity index (χ0n) is 12.7. The topological polar surface area (TPSA) is 79.5 Å². The van der Waals surface area contributed by atoms with Gasteiger partial charge in [-0.25, -0.2) is 4.98 Å². The van der Waals surface area contributed by atoms with Gasteiger partial charge < -0.3 is 15.5 Å². The summed E-state index contributed by atoms with van der Waals surface area (Å²) in [5.74, 6) is 0.184. The molecule has 2 fully saturated rings. The van der Waals surface area contributed by atoms with E-state index in [-0.39, 0.29) is 17.7 Å². The first-order valence-electron chi connectivity index (χ1n) is 7.95. The minimum Gasteiger partial charge on any atom is -0.369 e. The summed E-state index contributed by atoms with van der Waals surface area (Å²) >= 11 is 0. The fraction of sp³-hybridized carbons (Fsp3) is 0.562. The number of piperidine rings is 1. The maximum absolute atomic E-state index is 12.8. The van der Waals surface area contributed by atoms with E-state index in [1.54, 1.807) is 17.2 Å². The molecule has 0 spiro atoms. The molecule has 0 saturated carbocycles. The molecule has 3 rings (SSSR count). The van der Waals surface area contributed by atoms with Gasteiger partial charge in [0, 0.05) is 32.4 Å². The standard InChI is InChI=1S/C16H22N4O2/c17-14(21)12-6-10-20(11-12)16(22)13-5-4-7-18-15(13)19-8-2-1-3-9-19/h4-5,7,12H,1-3,6,8-11H2,(H2,17,21). The van der Waals surface area contributed by atoms with Gasteiger partial charge in [-0.3, -0.25) is 9.59 Å². The van der Waals surface area contributed by atoms with Crippen molar-refractivity contribution < 1.29 is 9.59 Å². The fourth-order valence-corrected chi connectivity index (χ4v) is 3.27. The quantitative estimate of drug-likeness (QED) is 0.904. The fourth-order valence-electron chi connectivity index (χ4n) is 3.27. The van der Waals surface area contributed by atoms with E-state index >= 15 is 0 Å². The number of nitrogens with two attached hydrogens (primary N) is 1. The molecule has 6 heteroatoms. The first-order valence-corrected chi connectivity index (χ1v) is 7.95. The molecule has 2 N–H and O–H groups in total. The molecule has 3 heterocycles. The molecule has 2 saturated heterocycles. The van der Waals surface area contributed by atoms with Crippen molar-refractivity contribution in [2.45, 2.75) is 25.7 Å². The van der Waals surface area contributed by atoms with Crippen molar-refractivity contribution in [2.24, 2.45) is 11.7 Å². The van der Waals surface area contributed by atoms with Gasteiger partial charge in [-0.05, 0) is 37.8 Å². The van der Waals surface area contributed by atoms with E-state index in [1.807, 2.05) is 6.07 Å². The third kappa shape index (κ3) is 2.91. The maximum Gasteiger partial charge on any atom is 0.257 e. The van der Waals surface area contributed by atoms with Crippen LogP contribution >= 0.6 is 0 Å². The van der Waals surface area contributed by atoms with Crippen LogP contribution in [0.5, 0.6) is 0 Å². The summed E-state index contributed by atoms with van der Waals surface area (Å²) < 4.78 is 0. The second-order valence-corrected chi connectivity index (χ2v) is 6.06. The van der Waals surface area contributed by atoms with E-state index in [2.05, 4.69) is 9.88 Å². The highest BCUT2D eigenvalue weighted by Gasteiger charge is 2.32. The number of likely N-dealkylation sites (tertiary alicyclic amines) is 1. The van der Waals surface area contributed by atoms with Crippen LogP contribution in [0.15, 0.2) is 18.3 Å². The van der Waals surface area contributed by atoms with Crippen LogP contribution in [0.2, 0.25) is 0 Å². The van der Waals surface area contributed by atoms with Crippen molar-refractivity contribution in [3.63, 3.8) is 0 Å². The van der Waals surface area contributed by atoms with Gasteiger partial charge in [-0.15, -0.1) is 0 Å². The normalized spacial score (nSPS) is 21.9. The lowest BCUT2D eigenvalue weighted by Crippen LogP contribution is -2.35. The molecule has 0 bridgehead atoms. The number of carbonyl (C=O) groups is 2. The number of amides is 2. The van der Waals surface area contributed by atoms with Gasteiger partial charge in [0.05, 0.1) is 11.5 Å². The van der Waals surface area contributed by atoms with Crippen LogP contribution in [0.1, 0.15) is 36.0 Å². The Balaban J connectivity index is 1.79. The molecule has 6 nitrogen and oxygen atoms in total. The van der Waals surface area contributed by atoms with Gasteiger partial charge >= 0.3 is 0 Å². The number of nitrogens with zero attached hydrogens (tertiary/aromatic N) is 3. The van der Waals surface area contributed by atoms with Gasteiger partial charge in [0.15, 0.2) is 0 Å². The highest BCUT2D eigenvalue weighted by molar-refractivity contribution is 5.99. The Labute approximate surface area is 130 Å². The van der Waals surface area contributed by atoms with Crippen LogP contribution < -0.4 is 10.6 Å². The second-order valence-electron chi connectivity index (χ2n) is 6.06. The third-order valence-electron chi connectivity index (χ3n) is 4.55. The van der Waals surface area contributed by atoms with Gasteiger partial charge in [0.25, 0.3) is 5.91 Å². The van der Waals surface area contributed by atoms with Crippen LogP contribution in [-0.2, 0) is 4.79 Å². The van der Waals surface area contributed by atoms with Crippen LogP contribution in [0.25, 0.3) is 0 Å². The number of pyridine rings is 1. The van der Waals surface area contributed by atoms with Crippen LogP contribution in [0.4, 0.5) is 5.82 Å². The summed E-state index contributed by atoms with van der Waals surface area (Å²) in [4.78, 5) is 32.4. The Morgan fingerprint density at radius 3 is 2.64 bits per heavy atom. The van der Waals surface area contributed by atoms with E-state index < -0.39 is 0 Å². The van der Waals surface area contributed by atoms with Gasteiger partial charge in [-0.1, -0.05) is 0 Å². The number of hydrogen-bond donors (Lipinski definition) is 1. The zero-order chi connectivity index (χ0) is 15.5. The smallest absolute Gasteiger partial charge is 0.257 e. The van der Waals surface area contributed by atoms with E-state index in [0.29, 0.717) is 25.1 Å². The van der Waals surface area contributed by atoms with Gasteiger partial charge in [0.2, 0.25) is 5.91 Å². The third-order valence-corrected chi connectivity index (χ3v) is 4.55. The molecule has 22 heavy (non-hydrogen) atoms. The molecule has 1 aromatic rings. The Bertz CT molecular complexity index is 569. The maximum atomic E-state index is 12.8. The van der Waals surface area contributed by atoms with Crippen molar-refractivity contribution in [3.05, 3.63) is 23.9 Å². The van der Waals surface area contributed by atoms with E-state index in [1.165, 1.54) is 6.42 Å². The van der Waals surface area contributed by atoms with Crippen LogP contribution in [0.3, 0.4) is 0 Å². The Kier molecular flexibility index (Phi) is 4.27. The molecule has 1 atom stereocenters. The summed E-state index contributed by atoms with van der Waals surface area (Å²) in [6, 6.07) is 3.62. The van der Waals surface area contributed by atoms with Crippen molar-refractivity contribution in [2.75, 3.05) is 31.1 Å². The predicted molar refractivity (Wildman–Crippen MR) is 83.5 cm³/mol. The van der Waals surface area contributed by atoms with Crippen molar-refractivity contribution in [3.8, 4) is 0 Å². The molecule has 2 aliphatic heterocycles. The van der Waals surface area contributed by atoms with Gasteiger partial charge in [-0.2, -0.15) is 0 Å². The van der Waals surface area contributed by atoms with Crippen molar-refractivity contribution in [1.82, 2.24) is 9.88 Å². The Hall–Kier alpha value is -2.11. The first-order chi connectivity index (χ1) is 10.7. The average molecular weight is 302 g/mol. The number of anilines is 1. The highest BCUT2D eigenvalue weighted by atomic mass is 16.2. The minimum absolute atomic E-state index is 0.0441. The average Bonchev–Trinajstić information content (AvgIpc) is 3.05. The van der Waals surface area contributed by atoms with Crippen LogP contribution in [0, 0.1) is 5.92 Å². The summed E-state index contributed by atoms with van der Waals surface area (Å²) in [5.41, 5.74) is 5.98. The number of carbonyl (C=O) groups excluding carboxylic acids is 2. The van der Waals surface area contributed by atoms with Gasteiger partial charge in [0.1, 0.15) is 5.82 Å². The molecular weight excluding hydrogens is 280 g/mol. The van der Waals surface area contributed by atoms with Crippen molar-refractivity contribution in [1.29, 1.82) is 0 Å². The number of primary amides is 1. The SMILES string of the molecule is NC(=O)C1CCN(C(=O)c2cccnc2N2CCCCC2)C1. The number of hydrogen-bond acceptors (Lipinski definition) is 4. The molecule has 2 amide bonds. The van der Waals surface area contributed by atoms with E-state index in [9.17, 15) is 9.59 Å². The Morgan fingerprint density at radius 2 is 1.95 bits per heavy atom. The lowest BCUT2D eigenvalue weighted by molar-refractivity contribution is -0.121. The second kappa shape index (κ2) is 6.34. The molecule has 0 aromatic carbocycles. The molecule has 0 radical (unpaired) electrons. The summed E-state index contributed by atoms with van der Waals surface area (Å²) in [5, 5.41) is 0. The predicted octanol–water partition coefficient (Wildman–Crippen LogP) is 1.02. The molecular formula is C16H22N4O2. The Morgan fingerprint density at radius 1 is 1.18 bits per heavy atom. The molecule has 0 aliphatic carbocycles. The largest absolute Gasteiger partial charge is 0.369 e.